The highest BCUT2D eigenvalue weighted by molar-refractivity contribution is 5.94. The van der Waals surface area contributed by atoms with Crippen LogP contribution in [0.4, 0.5) is 0 Å². The molecule has 1 saturated heterocycles. The SMILES string of the molecule is CC(C)[C@H]1C(=O)O[C@H](CC2CC2)C(=O)N(C)[C@@H](C(C)C)C(=O)O[C@H](CC2CC2)C(=O)N(C)[C@@H](C(C)C)C(=O)O[C@H](CC2CC2)C(=O)N1C. The summed E-state index contributed by atoms with van der Waals surface area (Å²) in [6.45, 7) is 10.7. The van der Waals surface area contributed by atoms with Gasteiger partial charge in [-0.15, -0.1) is 0 Å². The molecule has 12 nitrogen and oxygen atoms in total. The van der Waals surface area contributed by atoms with Crippen molar-refractivity contribution in [1.82, 2.24) is 14.7 Å². The van der Waals surface area contributed by atoms with Crippen LogP contribution in [0.3, 0.4) is 0 Å². The van der Waals surface area contributed by atoms with Gasteiger partial charge in [-0.1, -0.05) is 80.1 Å². The Bertz CT molecular complexity index is 1080. The molecule has 1 heterocycles. The van der Waals surface area contributed by atoms with Crippen molar-refractivity contribution in [2.45, 2.75) is 136 Å². The molecule has 1 aliphatic heterocycles. The second kappa shape index (κ2) is 15.6. The molecule has 12 heteroatoms. The molecule has 4 fully saturated rings. The van der Waals surface area contributed by atoms with E-state index in [-0.39, 0.29) is 17.8 Å². The maximum absolute atomic E-state index is 14.1. The van der Waals surface area contributed by atoms with E-state index in [1.807, 2.05) is 0 Å². The number of esters is 3. The smallest absolute Gasteiger partial charge is 0.329 e. The Morgan fingerprint density at radius 1 is 0.458 bits per heavy atom. The van der Waals surface area contributed by atoms with E-state index in [1.165, 1.54) is 35.8 Å². The molecule has 3 aliphatic carbocycles. The van der Waals surface area contributed by atoms with Crippen LogP contribution in [0.5, 0.6) is 0 Å². The lowest BCUT2D eigenvalue weighted by molar-refractivity contribution is -0.179. The highest BCUT2D eigenvalue weighted by Crippen LogP contribution is 2.38. The van der Waals surface area contributed by atoms with Crippen LogP contribution < -0.4 is 0 Å². The predicted molar refractivity (Wildman–Crippen MR) is 176 cm³/mol. The topological polar surface area (TPSA) is 140 Å². The van der Waals surface area contributed by atoms with Gasteiger partial charge >= 0.3 is 17.9 Å². The van der Waals surface area contributed by atoms with E-state index in [2.05, 4.69) is 0 Å². The molecule has 270 valence electrons. The van der Waals surface area contributed by atoms with Gasteiger partial charge in [0.05, 0.1) is 0 Å². The van der Waals surface area contributed by atoms with E-state index in [0.29, 0.717) is 19.3 Å². The van der Waals surface area contributed by atoms with E-state index >= 15 is 0 Å². The largest absolute Gasteiger partial charge is 0.451 e. The Morgan fingerprint density at radius 2 is 0.667 bits per heavy atom. The van der Waals surface area contributed by atoms with Crippen LogP contribution in [-0.2, 0) is 43.0 Å². The molecule has 4 rings (SSSR count). The van der Waals surface area contributed by atoms with Crippen LogP contribution in [0.25, 0.3) is 0 Å². The predicted octanol–water partition coefficient (Wildman–Crippen LogP) is 3.58. The van der Waals surface area contributed by atoms with Crippen LogP contribution in [0.1, 0.15) is 99.3 Å². The molecular weight excluding hydrogens is 618 g/mol. The molecule has 0 bridgehead atoms. The minimum Gasteiger partial charge on any atom is -0.451 e. The van der Waals surface area contributed by atoms with E-state index < -0.39 is 89.8 Å². The van der Waals surface area contributed by atoms with Gasteiger partial charge in [0.15, 0.2) is 18.3 Å². The summed E-state index contributed by atoms with van der Waals surface area (Å²) in [5.74, 6) is -4.38. The first-order valence-corrected chi connectivity index (χ1v) is 17.9. The highest BCUT2D eigenvalue weighted by atomic mass is 16.6. The lowest BCUT2D eigenvalue weighted by atomic mass is 9.99. The molecule has 48 heavy (non-hydrogen) atoms. The maximum Gasteiger partial charge on any atom is 0.329 e. The number of nitrogens with zero attached hydrogens (tertiary/aromatic N) is 3. The summed E-state index contributed by atoms with van der Waals surface area (Å²) < 4.78 is 17.9. The maximum atomic E-state index is 14.1. The fourth-order valence-electron chi connectivity index (χ4n) is 6.92. The number of hydrogen-bond donors (Lipinski definition) is 0. The van der Waals surface area contributed by atoms with Crippen LogP contribution in [-0.4, -0.2) is 108 Å². The zero-order valence-corrected chi connectivity index (χ0v) is 30.3. The van der Waals surface area contributed by atoms with E-state index in [0.717, 1.165) is 38.5 Å². The van der Waals surface area contributed by atoms with Crippen molar-refractivity contribution in [1.29, 1.82) is 0 Å². The van der Waals surface area contributed by atoms with Gasteiger partial charge in [-0.2, -0.15) is 0 Å². The molecule has 0 aromatic rings. The van der Waals surface area contributed by atoms with Gasteiger partial charge in [0.2, 0.25) is 0 Å². The molecule has 0 spiro atoms. The first kappa shape index (κ1) is 37.6. The number of ether oxygens (including phenoxy) is 3. The summed E-state index contributed by atoms with van der Waals surface area (Å²) in [7, 11) is 4.48. The first-order chi connectivity index (χ1) is 22.5. The average molecular weight is 676 g/mol. The number of rotatable bonds is 9. The summed E-state index contributed by atoms with van der Waals surface area (Å²) >= 11 is 0. The minimum atomic E-state index is -1.17. The van der Waals surface area contributed by atoms with Crippen molar-refractivity contribution in [3.8, 4) is 0 Å². The van der Waals surface area contributed by atoms with Gasteiger partial charge in [-0.25, -0.2) is 14.4 Å². The standard InChI is InChI=1S/C36H57N3O9/c1-19(2)28-34(43)46-26(17-23-12-13-23)32(41)38(8)30(21(5)6)36(45)48-27(18-24-14-15-24)33(42)39(9)29(20(3)4)35(44)47-25(16-22-10-11-22)31(40)37(28)7/h19-30H,10-18H2,1-9H3/t25-,26-,27-,28+,29+,30+/m1/s1. The summed E-state index contributed by atoms with van der Waals surface area (Å²) in [5.41, 5.74) is 0. The molecule has 0 radical (unpaired) electrons. The summed E-state index contributed by atoms with van der Waals surface area (Å²) in [6.07, 6.45) is 2.77. The summed E-state index contributed by atoms with van der Waals surface area (Å²) in [6, 6.07) is -3.18. The lowest BCUT2D eigenvalue weighted by Crippen LogP contribution is -2.56. The van der Waals surface area contributed by atoms with Crippen molar-refractivity contribution >= 4 is 35.6 Å². The number of likely N-dealkylation sites (N-methyl/N-ethyl adjacent to an activating group) is 3. The van der Waals surface area contributed by atoms with Crippen molar-refractivity contribution < 1.29 is 43.0 Å². The zero-order chi connectivity index (χ0) is 35.6. The van der Waals surface area contributed by atoms with Crippen molar-refractivity contribution in [2.75, 3.05) is 21.1 Å². The van der Waals surface area contributed by atoms with Gasteiger partial charge in [0, 0.05) is 21.1 Å². The molecule has 0 N–H and O–H groups in total. The fraction of sp³-hybridized carbons (Fsp3) is 0.833. The summed E-state index contributed by atoms with van der Waals surface area (Å²) in [5, 5.41) is 0. The molecular formula is C36H57N3O9. The number of cyclic esters (lactones) is 3. The van der Waals surface area contributed by atoms with Crippen molar-refractivity contribution in [3.05, 3.63) is 0 Å². The van der Waals surface area contributed by atoms with E-state index in [9.17, 15) is 28.8 Å². The second-order valence-electron chi connectivity index (χ2n) is 15.7. The van der Waals surface area contributed by atoms with Crippen LogP contribution in [0.15, 0.2) is 0 Å². The molecule has 0 aromatic heterocycles. The summed E-state index contributed by atoms with van der Waals surface area (Å²) in [4.78, 5) is 87.8. The molecule has 6 atom stereocenters. The zero-order valence-electron chi connectivity index (χ0n) is 30.3. The average Bonchev–Trinajstić information content (AvgIpc) is 3.83. The quantitative estimate of drug-likeness (QED) is 0.265. The van der Waals surface area contributed by atoms with Gasteiger partial charge in [-0.05, 0) is 54.8 Å². The molecule has 3 amide bonds. The van der Waals surface area contributed by atoms with E-state index in [1.54, 1.807) is 41.5 Å². The highest BCUT2D eigenvalue weighted by Gasteiger charge is 2.46. The number of carbonyl (C=O) groups excluding carboxylic acids is 6. The Morgan fingerprint density at radius 3 is 0.833 bits per heavy atom. The van der Waals surface area contributed by atoms with Gasteiger partial charge in [0.1, 0.15) is 18.1 Å². The first-order valence-electron chi connectivity index (χ1n) is 17.9. The Hall–Kier alpha value is -3.18. The lowest BCUT2D eigenvalue weighted by Gasteiger charge is -2.37. The number of amides is 3. The molecule has 0 aromatic carbocycles. The monoisotopic (exact) mass is 675 g/mol. The van der Waals surface area contributed by atoms with Crippen LogP contribution >= 0.6 is 0 Å². The number of hydrogen-bond acceptors (Lipinski definition) is 9. The van der Waals surface area contributed by atoms with Gasteiger partial charge in [-0.3, -0.25) is 14.4 Å². The molecule has 3 saturated carbocycles. The second-order valence-corrected chi connectivity index (χ2v) is 15.7. The normalized spacial score (nSPS) is 30.9. The van der Waals surface area contributed by atoms with Crippen molar-refractivity contribution in [2.24, 2.45) is 35.5 Å². The van der Waals surface area contributed by atoms with Crippen molar-refractivity contribution in [3.63, 3.8) is 0 Å². The molecule has 0 unspecified atom stereocenters. The molecule has 4 aliphatic rings. The third-order valence-electron chi connectivity index (χ3n) is 10.2. The Kier molecular flexibility index (Phi) is 12.2. The Labute approximate surface area is 285 Å². The van der Waals surface area contributed by atoms with Gasteiger partial charge < -0.3 is 28.9 Å². The van der Waals surface area contributed by atoms with Crippen LogP contribution in [0.2, 0.25) is 0 Å². The third-order valence-corrected chi connectivity index (χ3v) is 10.2. The van der Waals surface area contributed by atoms with E-state index in [4.69, 9.17) is 14.2 Å². The fourth-order valence-corrected chi connectivity index (χ4v) is 6.92. The Balaban J connectivity index is 1.77. The third kappa shape index (κ3) is 9.28. The number of carbonyl (C=O) groups is 6. The minimum absolute atomic E-state index is 0.201. The van der Waals surface area contributed by atoms with Gasteiger partial charge in [0.25, 0.3) is 17.7 Å². The van der Waals surface area contributed by atoms with Crippen LogP contribution in [0, 0.1) is 35.5 Å².